The first-order chi connectivity index (χ1) is 7.43. The van der Waals surface area contributed by atoms with Gasteiger partial charge in [0.1, 0.15) is 5.78 Å². The van der Waals surface area contributed by atoms with Crippen molar-refractivity contribution in [1.82, 2.24) is 0 Å². The Labute approximate surface area is 100 Å². The van der Waals surface area contributed by atoms with Crippen LogP contribution >= 0.6 is 11.6 Å². The van der Waals surface area contributed by atoms with Crippen LogP contribution in [0.25, 0.3) is 0 Å². The summed E-state index contributed by atoms with van der Waals surface area (Å²) in [6.45, 7) is 1.45. The predicted molar refractivity (Wildman–Crippen MR) is 63.4 cm³/mol. The van der Waals surface area contributed by atoms with Crippen LogP contribution in [-0.4, -0.2) is 20.0 Å². The van der Waals surface area contributed by atoms with Crippen molar-refractivity contribution in [3.63, 3.8) is 0 Å². The van der Waals surface area contributed by atoms with Gasteiger partial charge in [0.25, 0.3) is 0 Å². The molecule has 1 rings (SSSR count). The zero-order valence-corrected chi connectivity index (χ0v) is 10.5. The number of halogens is 1. The molecule has 5 heteroatoms. The van der Waals surface area contributed by atoms with E-state index in [-0.39, 0.29) is 27.9 Å². The van der Waals surface area contributed by atoms with E-state index in [4.69, 9.17) is 11.6 Å². The number of carbonyl (C=O) groups is 1. The molecule has 0 aliphatic rings. The van der Waals surface area contributed by atoms with E-state index < -0.39 is 9.84 Å². The highest BCUT2D eigenvalue weighted by molar-refractivity contribution is 7.91. The first-order valence-corrected chi connectivity index (χ1v) is 6.93. The lowest BCUT2D eigenvalue weighted by Gasteiger charge is -2.05. The van der Waals surface area contributed by atoms with Crippen LogP contribution in [0.2, 0.25) is 5.02 Å². The lowest BCUT2D eigenvalue weighted by Crippen LogP contribution is -2.08. The van der Waals surface area contributed by atoms with Crippen LogP contribution in [0.5, 0.6) is 0 Å². The van der Waals surface area contributed by atoms with E-state index in [1.807, 2.05) is 0 Å². The van der Waals surface area contributed by atoms with Crippen molar-refractivity contribution < 1.29 is 13.2 Å². The molecule has 0 aromatic heterocycles. The minimum Gasteiger partial charge on any atom is -0.300 e. The second-order valence-electron chi connectivity index (χ2n) is 3.55. The van der Waals surface area contributed by atoms with Gasteiger partial charge in [-0.2, -0.15) is 0 Å². The lowest BCUT2D eigenvalue weighted by atomic mass is 10.3. The molecule has 0 unspecified atom stereocenters. The van der Waals surface area contributed by atoms with E-state index in [0.29, 0.717) is 6.42 Å². The molecule has 0 aliphatic heterocycles. The van der Waals surface area contributed by atoms with Gasteiger partial charge in [-0.3, -0.25) is 0 Å². The number of Topliss-reactive ketones (excluding diaryl/α,β-unsaturated/α-hetero) is 1. The normalized spacial score (nSPS) is 11.4. The van der Waals surface area contributed by atoms with Crippen LogP contribution in [0.1, 0.15) is 19.8 Å². The van der Waals surface area contributed by atoms with Crippen molar-refractivity contribution in [3.05, 3.63) is 29.3 Å². The fourth-order valence-electron chi connectivity index (χ4n) is 1.32. The third-order valence-electron chi connectivity index (χ3n) is 2.11. The van der Waals surface area contributed by atoms with Crippen molar-refractivity contribution >= 4 is 27.2 Å². The molecule has 0 saturated carbocycles. The van der Waals surface area contributed by atoms with Gasteiger partial charge in [0.05, 0.1) is 15.7 Å². The van der Waals surface area contributed by atoms with Crippen LogP contribution in [0, 0.1) is 0 Å². The Bertz CT molecular complexity index is 480. The van der Waals surface area contributed by atoms with Gasteiger partial charge >= 0.3 is 0 Å². The molecule has 0 spiro atoms. The minimum absolute atomic E-state index is 0.00522. The molecule has 0 N–H and O–H groups in total. The largest absolute Gasteiger partial charge is 0.300 e. The van der Waals surface area contributed by atoms with E-state index in [1.54, 1.807) is 18.2 Å². The van der Waals surface area contributed by atoms with Crippen molar-refractivity contribution in [2.75, 3.05) is 5.75 Å². The Morgan fingerprint density at radius 3 is 2.50 bits per heavy atom. The van der Waals surface area contributed by atoms with Crippen molar-refractivity contribution in [3.8, 4) is 0 Å². The SMILES string of the molecule is CC(=O)CCCS(=O)(=O)c1ccccc1Cl. The molecular weight excluding hydrogens is 248 g/mol. The lowest BCUT2D eigenvalue weighted by molar-refractivity contribution is -0.117. The second-order valence-corrected chi connectivity index (χ2v) is 6.04. The maximum absolute atomic E-state index is 11.8. The molecule has 0 radical (unpaired) electrons. The van der Waals surface area contributed by atoms with Gasteiger partial charge in [-0.05, 0) is 25.5 Å². The number of rotatable bonds is 5. The average molecular weight is 261 g/mol. The first-order valence-electron chi connectivity index (χ1n) is 4.90. The van der Waals surface area contributed by atoms with E-state index in [9.17, 15) is 13.2 Å². The third-order valence-corrected chi connectivity index (χ3v) is 4.41. The summed E-state index contributed by atoms with van der Waals surface area (Å²) in [7, 11) is -3.37. The van der Waals surface area contributed by atoms with Gasteiger partial charge in [0.15, 0.2) is 9.84 Å². The summed E-state index contributed by atoms with van der Waals surface area (Å²) in [5, 5.41) is 0.227. The molecule has 0 atom stereocenters. The monoisotopic (exact) mass is 260 g/mol. The fraction of sp³-hybridized carbons (Fsp3) is 0.364. The summed E-state index contributed by atoms with van der Waals surface area (Å²) in [6.07, 6.45) is 0.618. The van der Waals surface area contributed by atoms with Crippen molar-refractivity contribution in [1.29, 1.82) is 0 Å². The fourth-order valence-corrected chi connectivity index (χ4v) is 3.20. The van der Waals surface area contributed by atoms with E-state index in [0.717, 1.165) is 0 Å². The van der Waals surface area contributed by atoms with Gasteiger partial charge < -0.3 is 4.79 Å². The summed E-state index contributed by atoms with van der Waals surface area (Å²) in [4.78, 5) is 10.9. The summed E-state index contributed by atoms with van der Waals surface area (Å²) in [6, 6.07) is 6.32. The molecular formula is C11H13ClO3S. The number of hydrogen-bond donors (Lipinski definition) is 0. The van der Waals surface area contributed by atoms with Gasteiger partial charge in [-0.25, -0.2) is 8.42 Å². The standard InChI is InChI=1S/C11H13ClO3S/c1-9(13)5-4-8-16(14,15)11-7-3-2-6-10(11)12/h2-3,6-7H,4-5,8H2,1H3. The number of benzene rings is 1. The summed E-state index contributed by atoms with van der Waals surface area (Å²) >= 11 is 5.80. The Kier molecular flexibility index (Phi) is 4.50. The van der Waals surface area contributed by atoms with E-state index in [1.165, 1.54) is 13.0 Å². The van der Waals surface area contributed by atoms with Crippen molar-refractivity contribution in [2.24, 2.45) is 0 Å². The van der Waals surface area contributed by atoms with Crippen LogP contribution < -0.4 is 0 Å². The maximum Gasteiger partial charge on any atom is 0.179 e. The maximum atomic E-state index is 11.8. The number of hydrogen-bond acceptors (Lipinski definition) is 3. The molecule has 0 saturated heterocycles. The van der Waals surface area contributed by atoms with Crippen molar-refractivity contribution in [2.45, 2.75) is 24.7 Å². The highest BCUT2D eigenvalue weighted by Crippen LogP contribution is 2.22. The zero-order valence-electron chi connectivity index (χ0n) is 8.94. The van der Waals surface area contributed by atoms with E-state index >= 15 is 0 Å². The minimum atomic E-state index is -3.37. The third kappa shape index (κ3) is 3.61. The Morgan fingerprint density at radius 2 is 1.94 bits per heavy atom. The number of sulfone groups is 1. The second kappa shape index (κ2) is 5.46. The Hall–Kier alpha value is -0.870. The molecule has 0 fully saturated rings. The Balaban J connectivity index is 2.79. The number of ketones is 1. The molecule has 0 aliphatic carbocycles. The Morgan fingerprint density at radius 1 is 1.31 bits per heavy atom. The van der Waals surface area contributed by atoms with Gasteiger partial charge in [-0.1, -0.05) is 23.7 Å². The molecule has 16 heavy (non-hydrogen) atoms. The quantitative estimate of drug-likeness (QED) is 0.817. The highest BCUT2D eigenvalue weighted by atomic mass is 35.5. The van der Waals surface area contributed by atoms with E-state index in [2.05, 4.69) is 0 Å². The zero-order chi connectivity index (χ0) is 12.2. The summed E-state index contributed by atoms with van der Waals surface area (Å²) < 4.78 is 23.7. The topological polar surface area (TPSA) is 51.2 Å². The average Bonchev–Trinajstić information content (AvgIpc) is 2.17. The molecule has 0 amide bonds. The molecule has 1 aromatic carbocycles. The van der Waals surface area contributed by atoms with Crippen LogP contribution in [0.3, 0.4) is 0 Å². The summed E-state index contributed by atoms with van der Waals surface area (Å²) in [5.74, 6) is -0.0505. The predicted octanol–water partition coefficient (Wildman–Crippen LogP) is 2.48. The van der Waals surface area contributed by atoms with Crippen LogP contribution in [0.15, 0.2) is 29.2 Å². The number of carbonyl (C=O) groups excluding carboxylic acids is 1. The van der Waals surface area contributed by atoms with Gasteiger partial charge in [0, 0.05) is 6.42 Å². The molecule has 88 valence electrons. The first kappa shape index (κ1) is 13.2. The molecule has 1 aromatic rings. The molecule has 0 bridgehead atoms. The molecule has 3 nitrogen and oxygen atoms in total. The van der Waals surface area contributed by atoms with Crippen LogP contribution in [0.4, 0.5) is 0 Å². The summed E-state index contributed by atoms with van der Waals surface area (Å²) in [5.41, 5.74) is 0. The van der Waals surface area contributed by atoms with Gasteiger partial charge in [-0.15, -0.1) is 0 Å². The van der Waals surface area contributed by atoms with Gasteiger partial charge in [0.2, 0.25) is 0 Å². The smallest absolute Gasteiger partial charge is 0.179 e. The van der Waals surface area contributed by atoms with Crippen LogP contribution in [-0.2, 0) is 14.6 Å². The molecule has 0 heterocycles. The highest BCUT2D eigenvalue weighted by Gasteiger charge is 2.17.